The average molecular weight is 572 g/mol. The zero-order valence-electron chi connectivity index (χ0n) is 22.6. The Morgan fingerprint density at radius 2 is 1.61 bits per heavy atom. The fourth-order valence-electron chi connectivity index (χ4n) is 6.57. The first kappa shape index (κ1) is 27.2. The summed E-state index contributed by atoms with van der Waals surface area (Å²) in [6, 6.07) is 22.6. The second-order valence-electron chi connectivity index (χ2n) is 11.0. The number of nitrogens with zero attached hydrogens (tertiary/aromatic N) is 2. The summed E-state index contributed by atoms with van der Waals surface area (Å²) in [6.07, 6.45) is 2.55. The van der Waals surface area contributed by atoms with E-state index in [1.807, 2.05) is 48.5 Å². The molecule has 2 fully saturated rings. The third-order valence-corrected chi connectivity index (χ3v) is 10.7. The normalized spacial score (nSPS) is 22.4. The number of amides is 2. The van der Waals surface area contributed by atoms with Crippen LogP contribution in [0, 0.1) is 5.41 Å². The average Bonchev–Trinajstić information content (AvgIpc) is 3.58. The molecule has 0 aromatic heterocycles. The fourth-order valence-corrected chi connectivity index (χ4v) is 8.54. The van der Waals surface area contributed by atoms with Crippen LogP contribution in [0.5, 0.6) is 0 Å². The maximum atomic E-state index is 14.1. The number of benzene rings is 3. The van der Waals surface area contributed by atoms with E-state index in [9.17, 15) is 18.0 Å². The maximum absolute atomic E-state index is 14.1. The lowest BCUT2D eigenvalue weighted by Crippen LogP contribution is -2.60. The lowest BCUT2D eigenvalue weighted by atomic mass is 10.0. The van der Waals surface area contributed by atoms with E-state index in [1.165, 1.54) is 4.31 Å². The van der Waals surface area contributed by atoms with Gasteiger partial charge in [-0.1, -0.05) is 72.8 Å². The van der Waals surface area contributed by atoms with Crippen molar-refractivity contribution in [3.63, 3.8) is 0 Å². The van der Waals surface area contributed by atoms with Crippen molar-refractivity contribution in [3.8, 4) is 0 Å². The highest BCUT2D eigenvalue weighted by Crippen LogP contribution is 2.37. The lowest BCUT2D eigenvalue weighted by molar-refractivity contribution is -0.143. The van der Waals surface area contributed by atoms with Crippen LogP contribution in [-0.4, -0.2) is 60.4 Å². The zero-order chi connectivity index (χ0) is 28.7. The minimum atomic E-state index is -3.94. The first-order chi connectivity index (χ1) is 19.7. The van der Waals surface area contributed by atoms with E-state index in [0.717, 1.165) is 24.0 Å². The highest BCUT2D eigenvalue weighted by Gasteiger charge is 2.49. The van der Waals surface area contributed by atoms with E-state index in [-0.39, 0.29) is 42.8 Å². The van der Waals surface area contributed by atoms with E-state index in [2.05, 4.69) is 5.32 Å². The van der Waals surface area contributed by atoms with Gasteiger partial charge in [0.1, 0.15) is 17.1 Å². The third-order valence-electron chi connectivity index (χ3n) is 8.53. The minimum absolute atomic E-state index is 0.0100. The Balaban J connectivity index is 1.19. The van der Waals surface area contributed by atoms with Crippen LogP contribution in [0.15, 0.2) is 78.9 Å². The molecular weight excluding hydrogens is 538 g/mol. The molecule has 4 N–H and O–H groups in total. The number of aryl methyl sites for hydroxylation is 1. The summed E-state index contributed by atoms with van der Waals surface area (Å²) in [7, 11) is -3.94. The number of carbonyl (C=O) groups excluding carboxylic acids is 2. The van der Waals surface area contributed by atoms with Gasteiger partial charge in [-0.25, -0.2) is 8.42 Å². The van der Waals surface area contributed by atoms with Gasteiger partial charge < -0.3 is 16.0 Å². The van der Waals surface area contributed by atoms with Gasteiger partial charge in [-0.2, -0.15) is 4.31 Å². The van der Waals surface area contributed by atoms with Crippen LogP contribution < -0.4 is 11.1 Å². The molecule has 212 valence electrons. The Kier molecular flexibility index (Phi) is 7.13. The van der Waals surface area contributed by atoms with Gasteiger partial charge in [0.15, 0.2) is 0 Å². The number of nitrogens with two attached hydrogens (primary N) is 1. The van der Waals surface area contributed by atoms with Gasteiger partial charge in [0, 0.05) is 18.2 Å². The molecule has 41 heavy (non-hydrogen) atoms. The highest BCUT2D eigenvalue weighted by atomic mass is 32.2. The van der Waals surface area contributed by atoms with Crippen LogP contribution in [0.4, 0.5) is 0 Å². The van der Waals surface area contributed by atoms with E-state index in [4.69, 9.17) is 11.1 Å². The molecule has 3 atom stereocenters. The molecule has 2 heterocycles. The topological polar surface area (TPSA) is 137 Å². The summed E-state index contributed by atoms with van der Waals surface area (Å²) in [5.74, 6) is -0.548. The number of nitrogens with one attached hydrogen (secondary N) is 2. The molecule has 0 saturated carbocycles. The smallest absolute Gasteiger partial charge is 0.243 e. The molecular formula is C31H33N5O4S. The van der Waals surface area contributed by atoms with Crippen LogP contribution in [0.25, 0.3) is 0 Å². The summed E-state index contributed by atoms with van der Waals surface area (Å²) >= 11 is 0. The molecule has 0 spiro atoms. The van der Waals surface area contributed by atoms with Crippen molar-refractivity contribution in [2.24, 2.45) is 5.73 Å². The Bertz CT molecular complexity index is 1560. The molecule has 2 saturated heterocycles. The second kappa shape index (κ2) is 10.8. The van der Waals surface area contributed by atoms with E-state index in [1.54, 1.807) is 35.2 Å². The van der Waals surface area contributed by atoms with Gasteiger partial charge in [-0.3, -0.25) is 15.0 Å². The van der Waals surface area contributed by atoms with Gasteiger partial charge in [-0.05, 0) is 54.0 Å². The molecule has 0 bridgehead atoms. The third kappa shape index (κ3) is 5.02. The Morgan fingerprint density at radius 1 is 0.951 bits per heavy atom. The molecule has 9 nitrogen and oxygen atoms in total. The summed E-state index contributed by atoms with van der Waals surface area (Å²) in [5, 5.41) is 9.87. The molecule has 1 unspecified atom stereocenters. The number of nitrogen functional groups attached to an aromatic ring is 1. The predicted molar refractivity (Wildman–Crippen MR) is 156 cm³/mol. The number of rotatable bonds is 7. The van der Waals surface area contributed by atoms with Crippen molar-refractivity contribution >= 4 is 27.7 Å². The van der Waals surface area contributed by atoms with Crippen molar-refractivity contribution in [3.05, 3.63) is 107 Å². The fraction of sp³-hybridized carbons (Fsp3) is 0.323. The molecule has 2 aliphatic heterocycles. The van der Waals surface area contributed by atoms with Gasteiger partial charge in [0.2, 0.25) is 21.8 Å². The molecule has 3 aromatic rings. The van der Waals surface area contributed by atoms with Crippen LogP contribution in [0.3, 0.4) is 0 Å². The molecule has 3 aromatic carbocycles. The molecule has 10 heteroatoms. The summed E-state index contributed by atoms with van der Waals surface area (Å²) < 4.78 is 29.5. The molecule has 3 aliphatic rings. The summed E-state index contributed by atoms with van der Waals surface area (Å²) in [4.78, 5) is 28.5. The SMILES string of the molecule is N=C(N)c1ccc2c(c1)CCC2NC(=O)[C@@H]1CC[C@H]2CN(S(=O)(=O)C(c3ccccc3)c3ccccc3)CC(=O)N21. The number of sulfonamides is 1. The quantitative estimate of drug-likeness (QED) is 0.296. The van der Waals surface area contributed by atoms with E-state index >= 15 is 0 Å². The van der Waals surface area contributed by atoms with E-state index in [0.29, 0.717) is 29.5 Å². The van der Waals surface area contributed by atoms with Crippen molar-refractivity contribution in [2.75, 3.05) is 13.1 Å². The number of hydrogen-bond acceptors (Lipinski definition) is 5. The Hall–Kier alpha value is -4.02. The Labute approximate surface area is 239 Å². The number of hydrogen-bond donors (Lipinski definition) is 3. The number of fused-ring (bicyclic) bond motifs is 2. The highest BCUT2D eigenvalue weighted by molar-refractivity contribution is 7.89. The number of carbonyl (C=O) groups is 2. The van der Waals surface area contributed by atoms with Crippen LogP contribution >= 0.6 is 0 Å². The number of piperazine rings is 1. The Morgan fingerprint density at radius 3 is 2.24 bits per heavy atom. The molecule has 1 aliphatic carbocycles. The largest absolute Gasteiger partial charge is 0.384 e. The monoisotopic (exact) mass is 571 g/mol. The van der Waals surface area contributed by atoms with Gasteiger partial charge in [0.05, 0.1) is 12.6 Å². The lowest BCUT2D eigenvalue weighted by Gasteiger charge is -2.40. The van der Waals surface area contributed by atoms with Crippen LogP contribution in [0.1, 0.15) is 58.4 Å². The van der Waals surface area contributed by atoms with Gasteiger partial charge in [0.25, 0.3) is 0 Å². The van der Waals surface area contributed by atoms with Crippen molar-refractivity contribution < 1.29 is 18.0 Å². The van der Waals surface area contributed by atoms with Gasteiger partial charge >= 0.3 is 0 Å². The van der Waals surface area contributed by atoms with Crippen LogP contribution in [0.2, 0.25) is 0 Å². The minimum Gasteiger partial charge on any atom is -0.384 e. The number of amidine groups is 1. The summed E-state index contributed by atoms with van der Waals surface area (Å²) in [6.45, 7) is -0.132. The maximum Gasteiger partial charge on any atom is 0.243 e. The first-order valence-electron chi connectivity index (χ1n) is 13.9. The molecule has 6 rings (SSSR count). The predicted octanol–water partition coefficient (Wildman–Crippen LogP) is 2.87. The molecule has 2 amide bonds. The molecule has 0 radical (unpaired) electrons. The van der Waals surface area contributed by atoms with Crippen molar-refractivity contribution in [2.45, 2.75) is 49.1 Å². The van der Waals surface area contributed by atoms with Gasteiger partial charge in [-0.15, -0.1) is 0 Å². The standard InChI is InChI=1S/C31H33N5O4S/c32-30(33)23-11-14-25-22(17-23)12-15-26(25)34-31(38)27-16-13-24-18-35(19-28(37)36(24)27)41(39,40)29(20-7-3-1-4-8-20)21-9-5-2-6-10-21/h1-11,14,17,24,26-27,29H,12-13,15-16,18-19H2,(H3,32,33)(H,34,38)/t24-,26?,27-/m0/s1. The summed E-state index contributed by atoms with van der Waals surface area (Å²) in [5.41, 5.74) is 9.65. The van der Waals surface area contributed by atoms with Crippen LogP contribution in [-0.2, 0) is 26.0 Å². The first-order valence-corrected chi connectivity index (χ1v) is 15.4. The zero-order valence-corrected chi connectivity index (χ0v) is 23.4. The van der Waals surface area contributed by atoms with Crippen molar-refractivity contribution in [1.82, 2.24) is 14.5 Å². The van der Waals surface area contributed by atoms with E-state index < -0.39 is 21.3 Å². The second-order valence-corrected chi connectivity index (χ2v) is 13.0. The van der Waals surface area contributed by atoms with Crippen molar-refractivity contribution in [1.29, 1.82) is 5.41 Å².